The quantitative estimate of drug-likeness (QED) is 0.622. The third-order valence-electron chi connectivity index (χ3n) is 3.31. The van der Waals surface area contributed by atoms with Gasteiger partial charge in [0.05, 0.1) is 12.9 Å². The van der Waals surface area contributed by atoms with Gasteiger partial charge in [-0.3, -0.25) is 0 Å². The van der Waals surface area contributed by atoms with Crippen LogP contribution >= 0.6 is 15.9 Å². The summed E-state index contributed by atoms with van der Waals surface area (Å²) in [6.07, 6.45) is 5.63. The molecule has 0 aliphatic carbocycles. The lowest BCUT2D eigenvalue weighted by atomic mass is 10.0. The van der Waals surface area contributed by atoms with Crippen molar-refractivity contribution >= 4 is 26.0 Å². The van der Waals surface area contributed by atoms with Crippen LogP contribution in [0.2, 0.25) is 0 Å². The minimum atomic E-state index is 0.777. The summed E-state index contributed by atoms with van der Waals surface area (Å²) in [7, 11) is 0. The molecule has 21 heavy (non-hydrogen) atoms. The molecule has 0 N–H and O–H groups in total. The van der Waals surface area contributed by atoms with Gasteiger partial charge in [0, 0.05) is 16.9 Å². The largest absolute Gasteiger partial charge is 0.333 e. The Balaban J connectivity index is 2.07. The molecule has 104 valence electrons. The Morgan fingerprint density at radius 3 is 2.10 bits per heavy atom. The molecular weight excluding hydrogens is 324 g/mol. The summed E-state index contributed by atoms with van der Waals surface area (Å²) in [5.41, 5.74) is 3.62. The average Bonchev–Trinajstić information content (AvgIpc) is 3.07. The fraction of sp³-hybridized carbons (Fsp3) is 0.0556. The fourth-order valence-corrected chi connectivity index (χ4v) is 2.87. The van der Waals surface area contributed by atoms with E-state index < -0.39 is 0 Å². The third-order valence-corrected chi connectivity index (χ3v) is 4.25. The van der Waals surface area contributed by atoms with Crippen molar-refractivity contribution in [1.82, 2.24) is 9.55 Å². The van der Waals surface area contributed by atoms with Gasteiger partial charge in [0.15, 0.2) is 0 Å². The number of rotatable bonds is 4. The summed E-state index contributed by atoms with van der Waals surface area (Å²) >= 11 is 3.78. The number of hydrogen-bond acceptors (Lipinski definition) is 1. The first-order chi connectivity index (χ1) is 10.3. The zero-order chi connectivity index (χ0) is 14.5. The van der Waals surface area contributed by atoms with Gasteiger partial charge in [-0.05, 0) is 32.6 Å². The molecule has 3 heteroatoms. The summed E-state index contributed by atoms with van der Waals surface area (Å²) in [6, 6.07) is 20.8. The Morgan fingerprint density at radius 2 is 1.52 bits per heavy atom. The molecule has 2 aromatic carbocycles. The average molecular weight is 339 g/mol. The smallest absolute Gasteiger partial charge is 0.0949 e. The number of hydrogen-bond donors (Lipinski definition) is 0. The number of aromatic nitrogens is 2. The molecule has 0 radical (unpaired) electrons. The molecule has 0 bridgehead atoms. The van der Waals surface area contributed by atoms with Crippen LogP contribution in [0.15, 0.2) is 79.4 Å². The van der Waals surface area contributed by atoms with E-state index in [1.807, 2.05) is 24.7 Å². The fourth-order valence-electron chi connectivity index (χ4n) is 2.25. The van der Waals surface area contributed by atoms with Crippen LogP contribution in [0.25, 0.3) is 10.1 Å². The topological polar surface area (TPSA) is 17.8 Å². The predicted octanol–water partition coefficient (Wildman–Crippen LogP) is 4.85. The van der Waals surface area contributed by atoms with E-state index in [1.54, 1.807) is 6.20 Å². The molecule has 0 spiro atoms. The first-order valence-electron chi connectivity index (χ1n) is 6.80. The van der Waals surface area contributed by atoms with Crippen molar-refractivity contribution in [3.63, 3.8) is 0 Å². The Kier molecular flexibility index (Phi) is 4.31. The molecule has 3 aromatic rings. The van der Waals surface area contributed by atoms with Crippen molar-refractivity contribution in [2.75, 3.05) is 0 Å². The van der Waals surface area contributed by atoms with Gasteiger partial charge in [0.25, 0.3) is 0 Å². The molecule has 0 amide bonds. The maximum atomic E-state index is 4.13. The summed E-state index contributed by atoms with van der Waals surface area (Å²) in [5.74, 6) is 0. The maximum Gasteiger partial charge on any atom is 0.0949 e. The number of halogens is 1. The molecule has 0 atom stereocenters. The second kappa shape index (κ2) is 6.55. The Hall–Kier alpha value is -2.13. The van der Waals surface area contributed by atoms with Crippen molar-refractivity contribution in [3.8, 4) is 0 Å². The number of nitrogens with zero attached hydrogens (tertiary/aromatic N) is 2. The van der Waals surface area contributed by atoms with Gasteiger partial charge in [-0.15, -0.1) is 0 Å². The zero-order valence-corrected chi connectivity index (χ0v) is 13.1. The highest BCUT2D eigenvalue weighted by molar-refractivity contribution is 9.15. The first-order valence-corrected chi connectivity index (χ1v) is 7.59. The van der Waals surface area contributed by atoms with Gasteiger partial charge in [-0.25, -0.2) is 4.98 Å². The number of benzene rings is 2. The molecule has 1 aromatic heterocycles. The van der Waals surface area contributed by atoms with Gasteiger partial charge in [-0.1, -0.05) is 60.7 Å². The molecular formula is C18H15BrN2. The maximum absolute atomic E-state index is 4.13. The van der Waals surface area contributed by atoms with Crippen molar-refractivity contribution in [3.05, 3.63) is 90.5 Å². The van der Waals surface area contributed by atoms with E-state index >= 15 is 0 Å². The van der Waals surface area contributed by atoms with E-state index in [-0.39, 0.29) is 0 Å². The minimum absolute atomic E-state index is 0.777. The van der Waals surface area contributed by atoms with Crippen molar-refractivity contribution in [2.24, 2.45) is 0 Å². The lowest BCUT2D eigenvalue weighted by Gasteiger charge is -2.13. The van der Waals surface area contributed by atoms with Crippen LogP contribution in [0.4, 0.5) is 0 Å². The van der Waals surface area contributed by atoms with Crippen LogP contribution in [0.5, 0.6) is 0 Å². The second-order valence-electron chi connectivity index (χ2n) is 4.76. The summed E-state index contributed by atoms with van der Waals surface area (Å²) in [5, 5.41) is 0. The third kappa shape index (κ3) is 3.31. The Labute approximate surface area is 132 Å². The van der Waals surface area contributed by atoms with Gasteiger partial charge in [0.2, 0.25) is 0 Å². The number of imidazole rings is 1. The predicted molar refractivity (Wildman–Crippen MR) is 90.9 cm³/mol. The van der Waals surface area contributed by atoms with Gasteiger partial charge < -0.3 is 4.57 Å². The second-order valence-corrected chi connectivity index (χ2v) is 5.55. The van der Waals surface area contributed by atoms with Gasteiger partial charge in [0.1, 0.15) is 0 Å². The van der Waals surface area contributed by atoms with Crippen LogP contribution in [-0.4, -0.2) is 9.55 Å². The van der Waals surface area contributed by atoms with Crippen molar-refractivity contribution in [1.29, 1.82) is 0 Å². The molecule has 0 aliphatic heterocycles. The molecule has 2 nitrogen and oxygen atoms in total. The van der Waals surface area contributed by atoms with Crippen LogP contribution < -0.4 is 0 Å². The highest BCUT2D eigenvalue weighted by Gasteiger charge is 2.09. The summed E-state index contributed by atoms with van der Waals surface area (Å²) in [6.45, 7) is 0.777. The monoisotopic (exact) mass is 338 g/mol. The van der Waals surface area contributed by atoms with Crippen LogP contribution in [0.1, 0.15) is 11.1 Å². The van der Waals surface area contributed by atoms with Crippen LogP contribution in [-0.2, 0) is 6.54 Å². The molecule has 0 aliphatic rings. The van der Waals surface area contributed by atoms with E-state index in [0.717, 1.165) is 11.0 Å². The summed E-state index contributed by atoms with van der Waals surface area (Å²) < 4.78 is 3.19. The standard InChI is InChI=1S/C18H15BrN2/c19-18(16-9-5-2-6-10-16)17(13-21-12-11-20-14-21)15-7-3-1-4-8-15/h1-12,14H,13H2/b18-17+. The zero-order valence-electron chi connectivity index (χ0n) is 11.5. The molecule has 0 fully saturated rings. The van der Waals surface area contributed by atoms with Crippen molar-refractivity contribution < 1.29 is 0 Å². The highest BCUT2D eigenvalue weighted by Crippen LogP contribution is 2.32. The molecule has 3 rings (SSSR count). The van der Waals surface area contributed by atoms with E-state index in [9.17, 15) is 0 Å². The molecule has 0 saturated carbocycles. The first kappa shape index (κ1) is 13.8. The van der Waals surface area contributed by atoms with E-state index in [1.165, 1.54) is 16.7 Å². The normalized spacial score (nSPS) is 12.0. The lowest BCUT2D eigenvalue weighted by Crippen LogP contribution is -1.99. The van der Waals surface area contributed by atoms with Crippen LogP contribution in [0, 0.1) is 0 Å². The van der Waals surface area contributed by atoms with E-state index in [2.05, 4.69) is 74.0 Å². The van der Waals surface area contributed by atoms with E-state index in [0.29, 0.717) is 0 Å². The summed E-state index contributed by atoms with van der Waals surface area (Å²) in [4.78, 5) is 4.13. The highest BCUT2D eigenvalue weighted by atomic mass is 79.9. The lowest BCUT2D eigenvalue weighted by molar-refractivity contribution is 0.836. The number of allylic oxidation sites excluding steroid dienone is 1. The molecule has 0 saturated heterocycles. The Morgan fingerprint density at radius 1 is 0.905 bits per heavy atom. The van der Waals surface area contributed by atoms with Gasteiger partial charge in [-0.2, -0.15) is 0 Å². The van der Waals surface area contributed by atoms with Crippen LogP contribution in [0.3, 0.4) is 0 Å². The van der Waals surface area contributed by atoms with Crippen molar-refractivity contribution in [2.45, 2.75) is 6.54 Å². The van der Waals surface area contributed by atoms with Gasteiger partial charge >= 0.3 is 0 Å². The molecule has 1 heterocycles. The SMILES string of the molecule is Br/C(=C(\Cn1ccnc1)c1ccccc1)c1ccccc1. The minimum Gasteiger partial charge on any atom is -0.333 e. The Bertz CT molecular complexity index is 716. The molecule has 0 unspecified atom stereocenters. The van der Waals surface area contributed by atoms with E-state index in [4.69, 9.17) is 0 Å².